The molecule has 8 heteroatoms. The smallest absolute Gasteiger partial charge is 0.240 e. The molecule has 3 aromatic rings. The van der Waals surface area contributed by atoms with Gasteiger partial charge in [0.1, 0.15) is 0 Å². The van der Waals surface area contributed by atoms with Crippen molar-refractivity contribution in [3.05, 3.63) is 83.5 Å². The van der Waals surface area contributed by atoms with E-state index >= 15 is 0 Å². The molecule has 2 aromatic carbocycles. The monoisotopic (exact) mass is 435 g/mol. The lowest BCUT2D eigenvalue weighted by atomic mass is 9.96. The normalized spacial score (nSPS) is 15.0. The molecule has 0 bridgehead atoms. The Balaban J connectivity index is 0.00000150. The van der Waals surface area contributed by atoms with Gasteiger partial charge in [-0.05, 0) is 11.1 Å². The summed E-state index contributed by atoms with van der Waals surface area (Å²) >= 11 is 0. The van der Waals surface area contributed by atoms with Crippen molar-refractivity contribution in [2.45, 2.75) is 19.1 Å². The molecule has 29 heavy (non-hydrogen) atoms. The summed E-state index contributed by atoms with van der Waals surface area (Å²) in [4.78, 5) is 9.24. The number of benzene rings is 2. The first kappa shape index (κ1) is 23.3. The van der Waals surface area contributed by atoms with Crippen LogP contribution in [-0.2, 0) is 13.1 Å². The first-order valence-electron chi connectivity index (χ1n) is 9.41. The zero-order valence-corrected chi connectivity index (χ0v) is 17.8. The molecular weight excluding hydrogens is 409 g/mol. The summed E-state index contributed by atoms with van der Waals surface area (Å²) < 4.78 is 5.11. The minimum atomic E-state index is 0. The van der Waals surface area contributed by atoms with Crippen molar-refractivity contribution in [3.63, 3.8) is 0 Å². The number of rotatable bonds is 6. The molecule has 1 aliphatic heterocycles. The van der Waals surface area contributed by atoms with Crippen LogP contribution in [0.15, 0.2) is 65.2 Å². The molecule has 0 saturated carbocycles. The fourth-order valence-corrected chi connectivity index (χ4v) is 3.70. The maximum atomic E-state index is 5.54. The SMILES string of the molecule is Cl.Cl.NCc1nc(CN2CCN(C(c3ccccc3)c3ccccc3)CC2)no1. The van der Waals surface area contributed by atoms with Crippen molar-refractivity contribution < 1.29 is 4.52 Å². The third kappa shape index (κ3) is 5.78. The first-order valence-corrected chi connectivity index (χ1v) is 9.41. The largest absolute Gasteiger partial charge is 0.338 e. The van der Waals surface area contributed by atoms with Crippen LogP contribution in [0.2, 0.25) is 0 Å². The fraction of sp³-hybridized carbons (Fsp3) is 0.333. The molecule has 156 valence electrons. The van der Waals surface area contributed by atoms with Gasteiger partial charge >= 0.3 is 0 Å². The number of hydrogen-bond acceptors (Lipinski definition) is 6. The van der Waals surface area contributed by atoms with Crippen LogP contribution < -0.4 is 5.73 Å². The second kappa shape index (κ2) is 11.3. The molecule has 1 aromatic heterocycles. The van der Waals surface area contributed by atoms with Crippen LogP contribution in [0.25, 0.3) is 0 Å². The minimum Gasteiger partial charge on any atom is -0.338 e. The Hall–Kier alpha value is -1.96. The Kier molecular flexibility index (Phi) is 9.07. The third-order valence-corrected chi connectivity index (χ3v) is 5.05. The van der Waals surface area contributed by atoms with Gasteiger partial charge in [-0.1, -0.05) is 65.8 Å². The van der Waals surface area contributed by atoms with Gasteiger partial charge in [-0.25, -0.2) is 0 Å². The number of nitrogens with two attached hydrogens (primary N) is 1. The van der Waals surface area contributed by atoms with Crippen molar-refractivity contribution >= 4 is 24.8 Å². The number of hydrogen-bond donors (Lipinski definition) is 1. The predicted molar refractivity (Wildman–Crippen MR) is 118 cm³/mol. The van der Waals surface area contributed by atoms with E-state index in [4.69, 9.17) is 10.3 Å². The summed E-state index contributed by atoms with van der Waals surface area (Å²) in [5, 5.41) is 4.01. The van der Waals surface area contributed by atoms with E-state index in [1.807, 2.05) is 0 Å². The van der Waals surface area contributed by atoms with Crippen LogP contribution in [0.5, 0.6) is 0 Å². The van der Waals surface area contributed by atoms with E-state index in [2.05, 4.69) is 80.6 Å². The quantitative estimate of drug-likeness (QED) is 0.640. The molecule has 0 unspecified atom stereocenters. The van der Waals surface area contributed by atoms with E-state index in [1.165, 1.54) is 11.1 Å². The highest BCUT2D eigenvalue weighted by atomic mass is 35.5. The summed E-state index contributed by atoms with van der Waals surface area (Å²) in [6.45, 7) is 4.94. The van der Waals surface area contributed by atoms with E-state index in [0.29, 0.717) is 18.3 Å². The van der Waals surface area contributed by atoms with E-state index in [1.54, 1.807) is 0 Å². The van der Waals surface area contributed by atoms with E-state index in [9.17, 15) is 0 Å². The maximum Gasteiger partial charge on any atom is 0.240 e. The zero-order valence-electron chi connectivity index (χ0n) is 16.2. The van der Waals surface area contributed by atoms with Gasteiger partial charge in [-0.3, -0.25) is 9.80 Å². The minimum absolute atomic E-state index is 0. The van der Waals surface area contributed by atoms with Gasteiger partial charge in [0.2, 0.25) is 5.89 Å². The number of nitrogens with zero attached hydrogens (tertiary/aromatic N) is 4. The molecule has 0 amide bonds. The highest BCUT2D eigenvalue weighted by Crippen LogP contribution is 2.29. The lowest BCUT2D eigenvalue weighted by Gasteiger charge is -2.39. The van der Waals surface area contributed by atoms with Crippen LogP contribution in [0.1, 0.15) is 28.9 Å². The molecule has 6 nitrogen and oxygen atoms in total. The maximum absolute atomic E-state index is 5.54. The van der Waals surface area contributed by atoms with Gasteiger partial charge in [0.15, 0.2) is 5.82 Å². The Morgan fingerprint density at radius 2 is 1.41 bits per heavy atom. The average Bonchev–Trinajstić information content (AvgIpc) is 3.19. The molecule has 0 spiro atoms. The topological polar surface area (TPSA) is 71.4 Å². The van der Waals surface area contributed by atoms with Crippen molar-refractivity contribution in [2.24, 2.45) is 5.73 Å². The molecule has 2 heterocycles. The molecule has 4 rings (SSSR count). The third-order valence-electron chi connectivity index (χ3n) is 5.05. The van der Waals surface area contributed by atoms with Crippen LogP contribution in [0.3, 0.4) is 0 Å². The standard InChI is InChI=1S/C21H25N5O.2ClH/c22-15-20-23-19(24-27-20)16-25-11-13-26(14-12-25)21(17-7-3-1-4-8-17)18-9-5-2-6-10-18;;/h1-10,21H,11-16,22H2;2*1H. The average molecular weight is 436 g/mol. The molecule has 0 radical (unpaired) electrons. The van der Waals surface area contributed by atoms with Gasteiger partial charge in [0, 0.05) is 26.2 Å². The summed E-state index contributed by atoms with van der Waals surface area (Å²) in [5.41, 5.74) is 8.21. The fourth-order valence-electron chi connectivity index (χ4n) is 3.70. The lowest BCUT2D eigenvalue weighted by Crippen LogP contribution is -2.47. The Bertz CT molecular complexity index is 799. The molecular formula is C21H27Cl2N5O. The predicted octanol–water partition coefficient (Wildman–Crippen LogP) is 3.28. The second-order valence-corrected chi connectivity index (χ2v) is 6.84. The molecule has 1 fully saturated rings. The number of halogens is 2. The van der Waals surface area contributed by atoms with E-state index in [-0.39, 0.29) is 37.4 Å². The molecule has 0 atom stereocenters. The van der Waals surface area contributed by atoms with Gasteiger partial charge < -0.3 is 10.3 Å². The van der Waals surface area contributed by atoms with Gasteiger partial charge in [0.25, 0.3) is 0 Å². The van der Waals surface area contributed by atoms with Crippen molar-refractivity contribution in [2.75, 3.05) is 26.2 Å². The molecule has 1 aliphatic rings. The summed E-state index contributed by atoms with van der Waals surface area (Å²) in [6, 6.07) is 21.8. The summed E-state index contributed by atoms with van der Waals surface area (Å²) in [7, 11) is 0. The van der Waals surface area contributed by atoms with Crippen molar-refractivity contribution in [1.29, 1.82) is 0 Å². The van der Waals surface area contributed by atoms with Crippen LogP contribution in [0, 0.1) is 0 Å². The highest BCUT2D eigenvalue weighted by Gasteiger charge is 2.26. The number of aromatic nitrogens is 2. The Labute approximate surface area is 183 Å². The van der Waals surface area contributed by atoms with Crippen LogP contribution in [0.4, 0.5) is 0 Å². The van der Waals surface area contributed by atoms with Crippen molar-refractivity contribution in [3.8, 4) is 0 Å². The molecule has 1 saturated heterocycles. The zero-order chi connectivity index (χ0) is 18.5. The summed E-state index contributed by atoms with van der Waals surface area (Å²) in [6.07, 6.45) is 0. The Morgan fingerprint density at radius 1 is 0.862 bits per heavy atom. The first-order chi connectivity index (χ1) is 13.3. The van der Waals surface area contributed by atoms with Crippen molar-refractivity contribution in [1.82, 2.24) is 19.9 Å². The van der Waals surface area contributed by atoms with E-state index in [0.717, 1.165) is 26.2 Å². The second-order valence-electron chi connectivity index (χ2n) is 6.84. The molecule has 0 aliphatic carbocycles. The van der Waals surface area contributed by atoms with Gasteiger partial charge in [-0.2, -0.15) is 4.98 Å². The van der Waals surface area contributed by atoms with Gasteiger partial charge in [0.05, 0.1) is 19.1 Å². The Morgan fingerprint density at radius 3 is 1.90 bits per heavy atom. The van der Waals surface area contributed by atoms with Crippen LogP contribution in [-0.4, -0.2) is 46.1 Å². The summed E-state index contributed by atoms with van der Waals surface area (Å²) in [5.74, 6) is 1.21. The highest BCUT2D eigenvalue weighted by molar-refractivity contribution is 5.85. The molecule has 2 N–H and O–H groups in total. The van der Waals surface area contributed by atoms with E-state index < -0.39 is 0 Å². The lowest BCUT2D eigenvalue weighted by molar-refractivity contribution is 0.102. The van der Waals surface area contributed by atoms with Crippen LogP contribution >= 0.6 is 24.8 Å². The number of piperazine rings is 1. The van der Waals surface area contributed by atoms with Gasteiger partial charge in [-0.15, -0.1) is 24.8 Å².